The number of thioether (sulfide) groups is 1. The molecule has 0 aliphatic rings. The summed E-state index contributed by atoms with van der Waals surface area (Å²) in [4.78, 5) is 14.4. The van der Waals surface area contributed by atoms with Gasteiger partial charge < -0.3 is 9.40 Å². The SMILES string of the molecule is Cc1nnc(SCc2cc(=O)[nH]c3ccccc23)o1. The molecule has 0 spiro atoms. The van der Waals surface area contributed by atoms with Gasteiger partial charge in [-0.1, -0.05) is 30.0 Å². The van der Waals surface area contributed by atoms with E-state index in [2.05, 4.69) is 15.2 Å². The number of pyridine rings is 1. The number of nitrogens with one attached hydrogen (secondary N) is 1. The lowest BCUT2D eigenvalue weighted by Gasteiger charge is -2.04. The lowest BCUT2D eigenvalue weighted by atomic mass is 10.1. The zero-order chi connectivity index (χ0) is 13.2. The number of hydrogen-bond donors (Lipinski definition) is 1. The average molecular weight is 273 g/mol. The van der Waals surface area contributed by atoms with E-state index < -0.39 is 0 Å². The van der Waals surface area contributed by atoms with E-state index in [4.69, 9.17) is 4.42 Å². The minimum atomic E-state index is -0.101. The molecule has 0 radical (unpaired) electrons. The number of aromatic nitrogens is 3. The first-order valence-corrected chi connectivity index (χ1v) is 6.75. The van der Waals surface area contributed by atoms with E-state index in [1.54, 1.807) is 13.0 Å². The molecule has 0 aliphatic heterocycles. The van der Waals surface area contributed by atoms with E-state index in [9.17, 15) is 4.79 Å². The molecule has 0 saturated carbocycles. The van der Waals surface area contributed by atoms with Gasteiger partial charge in [0, 0.05) is 29.6 Å². The van der Waals surface area contributed by atoms with Crippen LogP contribution in [0.1, 0.15) is 11.5 Å². The standard InChI is InChI=1S/C13H11N3O2S/c1-8-15-16-13(18-8)19-7-9-6-12(17)14-11-5-3-2-4-10(9)11/h2-6H,7H2,1H3,(H,14,17). The van der Waals surface area contributed by atoms with Crippen LogP contribution in [0.25, 0.3) is 10.9 Å². The predicted octanol–water partition coefficient (Wildman–Crippen LogP) is 2.51. The summed E-state index contributed by atoms with van der Waals surface area (Å²) in [5.41, 5.74) is 1.70. The molecule has 19 heavy (non-hydrogen) atoms. The smallest absolute Gasteiger partial charge is 0.276 e. The fourth-order valence-corrected chi connectivity index (χ4v) is 2.67. The van der Waals surface area contributed by atoms with Crippen molar-refractivity contribution in [3.8, 4) is 0 Å². The summed E-state index contributed by atoms with van der Waals surface area (Å²) >= 11 is 1.42. The van der Waals surface area contributed by atoms with Crippen LogP contribution in [0.2, 0.25) is 0 Å². The van der Waals surface area contributed by atoms with Crippen LogP contribution in [-0.4, -0.2) is 15.2 Å². The number of nitrogens with zero attached hydrogens (tertiary/aromatic N) is 2. The predicted molar refractivity (Wildman–Crippen MR) is 73.2 cm³/mol. The van der Waals surface area contributed by atoms with Gasteiger partial charge in [-0.3, -0.25) is 4.79 Å². The maximum absolute atomic E-state index is 11.6. The molecule has 1 N–H and O–H groups in total. The van der Waals surface area contributed by atoms with Crippen molar-refractivity contribution in [1.82, 2.24) is 15.2 Å². The monoisotopic (exact) mass is 273 g/mol. The molecule has 0 saturated heterocycles. The number of fused-ring (bicyclic) bond motifs is 1. The van der Waals surface area contributed by atoms with Gasteiger partial charge in [-0.15, -0.1) is 10.2 Å². The first kappa shape index (κ1) is 12.0. The Hall–Kier alpha value is -2.08. The number of hydrogen-bond acceptors (Lipinski definition) is 5. The number of rotatable bonds is 3. The number of H-pyrrole nitrogens is 1. The lowest BCUT2D eigenvalue weighted by Crippen LogP contribution is -2.05. The Morgan fingerprint density at radius 3 is 2.95 bits per heavy atom. The van der Waals surface area contributed by atoms with Crippen LogP contribution in [0.5, 0.6) is 0 Å². The van der Waals surface area contributed by atoms with Gasteiger partial charge >= 0.3 is 0 Å². The fraction of sp³-hybridized carbons (Fsp3) is 0.154. The summed E-state index contributed by atoms with van der Waals surface area (Å²) in [5.74, 6) is 1.16. The highest BCUT2D eigenvalue weighted by Crippen LogP contribution is 2.24. The second-order valence-electron chi connectivity index (χ2n) is 4.08. The zero-order valence-corrected chi connectivity index (χ0v) is 11.0. The van der Waals surface area contributed by atoms with Crippen molar-refractivity contribution >= 4 is 22.7 Å². The summed E-state index contributed by atoms with van der Waals surface area (Å²) in [6.45, 7) is 1.75. The Balaban J connectivity index is 1.94. The van der Waals surface area contributed by atoms with Crippen molar-refractivity contribution in [2.24, 2.45) is 0 Å². The number of aryl methyl sites for hydroxylation is 1. The average Bonchev–Trinajstić information content (AvgIpc) is 2.81. The first-order chi connectivity index (χ1) is 9.22. The minimum absolute atomic E-state index is 0.101. The summed E-state index contributed by atoms with van der Waals surface area (Å²) in [7, 11) is 0. The Morgan fingerprint density at radius 1 is 1.32 bits per heavy atom. The van der Waals surface area contributed by atoms with Gasteiger partial charge in [0.05, 0.1) is 0 Å². The molecule has 0 bridgehead atoms. The first-order valence-electron chi connectivity index (χ1n) is 5.76. The van der Waals surface area contributed by atoms with Crippen molar-refractivity contribution in [2.75, 3.05) is 0 Å². The molecule has 2 heterocycles. The molecule has 0 unspecified atom stereocenters. The Kier molecular flexibility index (Phi) is 3.08. The third-order valence-electron chi connectivity index (χ3n) is 2.69. The largest absolute Gasteiger partial charge is 0.416 e. The van der Waals surface area contributed by atoms with Crippen molar-refractivity contribution in [3.63, 3.8) is 0 Å². The molecule has 0 fully saturated rings. The van der Waals surface area contributed by atoms with Gasteiger partial charge in [-0.25, -0.2) is 0 Å². The lowest BCUT2D eigenvalue weighted by molar-refractivity contribution is 0.429. The van der Waals surface area contributed by atoms with E-state index in [-0.39, 0.29) is 5.56 Å². The summed E-state index contributed by atoms with van der Waals surface area (Å²) in [6.07, 6.45) is 0. The van der Waals surface area contributed by atoms with E-state index >= 15 is 0 Å². The molecule has 6 heteroatoms. The molecule has 1 aromatic carbocycles. The highest BCUT2D eigenvalue weighted by Gasteiger charge is 2.07. The van der Waals surface area contributed by atoms with E-state index in [1.165, 1.54) is 11.8 Å². The van der Waals surface area contributed by atoms with Gasteiger partial charge in [0.25, 0.3) is 5.22 Å². The molecule has 96 valence electrons. The van der Waals surface area contributed by atoms with Crippen LogP contribution < -0.4 is 5.56 Å². The highest BCUT2D eigenvalue weighted by atomic mass is 32.2. The van der Waals surface area contributed by atoms with Gasteiger partial charge in [0.1, 0.15) is 0 Å². The van der Waals surface area contributed by atoms with Crippen LogP contribution in [-0.2, 0) is 5.75 Å². The van der Waals surface area contributed by atoms with E-state index in [0.29, 0.717) is 16.9 Å². The zero-order valence-electron chi connectivity index (χ0n) is 10.2. The third kappa shape index (κ3) is 2.53. The van der Waals surface area contributed by atoms with Crippen LogP contribution in [0.3, 0.4) is 0 Å². The second kappa shape index (κ2) is 4.89. The molecule has 0 atom stereocenters. The van der Waals surface area contributed by atoms with E-state index in [1.807, 2.05) is 24.3 Å². The van der Waals surface area contributed by atoms with Crippen LogP contribution in [0.15, 0.2) is 44.8 Å². The van der Waals surface area contributed by atoms with Gasteiger partial charge in [-0.05, 0) is 11.6 Å². The highest BCUT2D eigenvalue weighted by molar-refractivity contribution is 7.98. The van der Waals surface area contributed by atoms with Crippen molar-refractivity contribution < 1.29 is 4.42 Å². The number of para-hydroxylation sites is 1. The molecule has 5 nitrogen and oxygen atoms in total. The Labute approximate surface area is 113 Å². The quantitative estimate of drug-likeness (QED) is 0.742. The molecular formula is C13H11N3O2S. The van der Waals surface area contributed by atoms with Crippen molar-refractivity contribution in [3.05, 3.63) is 52.1 Å². The van der Waals surface area contributed by atoms with Crippen molar-refractivity contribution in [1.29, 1.82) is 0 Å². The molecule has 3 aromatic rings. The van der Waals surface area contributed by atoms with Crippen LogP contribution in [0.4, 0.5) is 0 Å². The number of benzene rings is 1. The van der Waals surface area contributed by atoms with Gasteiger partial charge in [0.2, 0.25) is 11.4 Å². The molecule has 3 rings (SSSR count). The summed E-state index contributed by atoms with van der Waals surface area (Å²) < 4.78 is 5.30. The molecule has 2 aromatic heterocycles. The Bertz CT molecular complexity index is 779. The van der Waals surface area contributed by atoms with E-state index in [0.717, 1.165) is 16.5 Å². The second-order valence-corrected chi connectivity index (χ2v) is 5.01. The maximum atomic E-state index is 11.6. The van der Waals surface area contributed by atoms with Crippen LogP contribution >= 0.6 is 11.8 Å². The molecular weight excluding hydrogens is 262 g/mol. The summed E-state index contributed by atoms with van der Waals surface area (Å²) in [5, 5.41) is 9.25. The third-order valence-corrected chi connectivity index (χ3v) is 3.56. The molecule has 0 amide bonds. The Morgan fingerprint density at radius 2 is 2.16 bits per heavy atom. The van der Waals surface area contributed by atoms with Gasteiger partial charge in [0.15, 0.2) is 0 Å². The van der Waals surface area contributed by atoms with Gasteiger partial charge in [-0.2, -0.15) is 0 Å². The maximum Gasteiger partial charge on any atom is 0.276 e. The normalized spacial score (nSPS) is 11.0. The minimum Gasteiger partial charge on any atom is -0.416 e. The number of aromatic amines is 1. The fourth-order valence-electron chi connectivity index (χ4n) is 1.87. The molecule has 0 aliphatic carbocycles. The summed E-state index contributed by atoms with van der Waals surface area (Å²) in [6, 6.07) is 9.34. The van der Waals surface area contributed by atoms with Crippen molar-refractivity contribution in [2.45, 2.75) is 17.9 Å². The topological polar surface area (TPSA) is 71.8 Å². The van der Waals surface area contributed by atoms with Crippen LogP contribution in [0, 0.1) is 6.92 Å².